The van der Waals surface area contributed by atoms with Crippen molar-refractivity contribution in [1.29, 1.82) is 0 Å². The van der Waals surface area contributed by atoms with Crippen molar-refractivity contribution < 1.29 is 8.42 Å². The van der Waals surface area contributed by atoms with Crippen LogP contribution in [-0.2, 0) is 16.4 Å². The summed E-state index contributed by atoms with van der Waals surface area (Å²) in [6, 6.07) is 1.79. The maximum atomic E-state index is 11.4. The Morgan fingerprint density at radius 3 is 2.76 bits per heavy atom. The van der Waals surface area contributed by atoms with E-state index in [2.05, 4.69) is 12.0 Å². The van der Waals surface area contributed by atoms with Crippen LogP contribution in [0.15, 0.2) is 11.1 Å². The number of sulfone groups is 1. The van der Waals surface area contributed by atoms with Gasteiger partial charge in [-0.2, -0.15) is 5.10 Å². The van der Waals surface area contributed by atoms with Gasteiger partial charge >= 0.3 is 0 Å². The van der Waals surface area contributed by atoms with Crippen LogP contribution in [-0.4, -0.2) is 35.5 Å². The van der Waals surface area contributed by atoms with Gasteiger partial charge in [0, 0.05) is 11.8 Å². The molecule has 1 aromatic heterocycles. The highest BCUT2D eigenvalue weighted by Gasteiger charge is 2.10. The molecule has 0 saturated carbocycles. The number of aryl methyl sites for hydroxylation is 1. The van der Waals surface area contributed by atoms with Gasteiger partial charge in [0.1, 0.15) is 10.8 Å². The molecule has 0 aromatic carbocycles. The average Bonchev–Trinajstić information content (AvgIpc) is 2.65. The molecular formula is C10H19N3O2S2. The summed E-state index contributed by atoms with van der Waals surface area (Å²) >= 11 is 1.63. The van der Waals surface area contributed by atoms with Crippen LogP contribution in [0.1, 0.15) is 20.3 Å². The minimum absolute atomic E-state index is 0.0905. The number of anilines is 1. The van der Waals surface area contributed by atoms with Crippen LogP contribution >= 0.6 is 11.8 Å². The number of thioether (sulfide) groups is 1. The van der Waals surface area contributed by atoms with Crippen LogP contribution in [0.2, 0.25) is 0 Å². The lowest BCUT2D eigenvalue weighted by Gasteiger charge is -2.03. The molecular weight excluding hydrogens is 258 g/mol. The maximum absolute atomic E-state index is 11.4. The van der Waals surface area contributed by atoms with Crippen molar-refractivity contribution in [1.82, 2.24) is 9.78 Å². The monoisotopic (exact) mass is 277 g/mol. The number of hydrogen-bond donors (Lipinski definition) is 1. The van der Waals surface area contributed by atoms with E-state index in [-0.39, 0.29) is 11.5 Å². The molecule has 0 aliphatic rings. The smallest absolute Gasteiger partial charge is 0.151 e. The summed E-state index contributed by atoms with van der Waals surface area (Å²) in [5, 5.41) is 5.13. The fourth-order valence-corrected chi connectivity index (χ4v) is 2.75. The maximum Gasteiger partial charge on any atom is 0.151 e. The van der Waals surface area contributed by atoms with Gasteiger partial charge in [-0.25, -0.2) is 13.1 Å². The summed E-state index contributed by atoms with van der Waals surface area (Å²) in [5.74, 6) is 1.76. The molecule has 0 spiro atoms. The van der Waals surface area contributed by atoms with Crippen LogP contribution in [0.4, 0.5) is 5.82 Å². The first-order chi connectivity index (χ1) is 7.98. The van der Waals surface area contributed by atoms with E-state index < -0.39 is 9.84 Å². The second-order valence-electron chi connectivity index (χ2n) is 3.72. The van der Waals surface area contributed by atoms with Gasteiger partial charge in [0.25, 0.3) is 0 Å². The molecule has 2 N–H and O–H groups in total. The summed E-state index contributed by atoms with van der Waals surface area (Å²) in [5.41, 5.74) is 5.78. The van der Waals surface area contributed by atoms with Crippen molar-refractivity contribution in [2.45, 2.75) is 31.8 Å². The minimum atomic E-state index is -2.97. The molecule has 0 radical (unpaired) electrons. The molecule has 0 amide bonds. The Morgan fingerprint density at radius 2 is 2.18 bits per heavy atom. The predicted molar refractivity (Wildman–Crippen MR) is 72.0 cm³/mol. The van der Waals surface area contributed by atoms with Crippen LogP contribution in [0.5, 0.6) is 0 Å². The standard InChI is InChI=1S/C10H19N3O2S2/c1-3-6-16-10-8-9(11)13(12-10)5-7-17(14,15)4-2/h8H,3-7,11H2,1-2H3. The molecule has 0 saturated heterocycles. The van der Waals surface area contributed by atoms with Crippen molar-refractivity contribution >= 4 is 27.4 Å². The van der Waals surface area contributed by atoms with Crippen LogP contribution in [0.3, 0.4) is 0 Å². The highest BCUT2D eigenvalue weighted by atomic mass is 32.2. The highest BCUT2D eigenvalue weighted by molar-refractivity contribution is 7.99. The number of rotatable bonds is 7. The van der Waals surface area contributed by atoms with Crippen LogP contribution < -0.4 is 5.73 Å². The van der Waals surface area contributed by atoms with Gasteiger partial charge in [-0.05, 0) is 12.2 Å². The fourth-order valence-electron chi connectivity index (χ4n) is 1.23. The number of nitrogen functional groups attached to an aromatic ring is 1. The van der Waals surface area contributed by atoms with Crippen molar-refractivity contribution in [2.24, 2.45) is 0 Å². The second-order valence-corrected chi connectivity index (χ2v) is 7.30. The Hall–Kier alpha value is -0.690. The lowest BCUT2D eigenvalue weighted by Crippen LogP contribution is -2.16. The Balaban J connectivity index is 2.62. The molecule has 0 atom stereocenters. The quantitative estimate of drug-likeness (QED) is 0.762. The summed E-state index contributed by atoms with van der Waals surface area (Å²) < 4.78 is 24.3. The first-order valence-corrected chi connectivity index (χ1v) is 8.45. The third kappa shape index (κ3) is 4.59. The van der Waals surface area contributed by atoms with E-state index in [9.17, 15) is 8.42 Å². The Morgan fingerprint density at radius 1 is 1.47 bits per heavy atom. The van der Waals surface area contributed by atoms with Crippen LogP contribution in [0.25, 0.3) is 0 Å². The Bertz CT molecular complexity index is 454. The molecule has 0 bridgehead atoms. The second kappa shape index (κ2) is 6.30. The summed E-state index contributed by atoms with van der Waals surface area (Å²) in [7, 11) is -2.97. The van der Waals surface area contributed by atoms with E-state index in [0.717, 1.165) is 17.2 Å². The van der Waals surface area contributed by atoms with E-state index in [1.807, 2.05) is 0 Å². The van der Waals surface area contributed by atoms with Gasteiger partial charge in [-0.3, -0.25) is 0 Å². The zero-order valence-corrected chi connectivity index (χ0v) is 11.9. The normalized spacial score (nSPS) is 11.9. The van der Waals surface area contributed by atoms with E-state index in [1.165, 1.54) is 0 Å². The lowest BCUT2D eigenvalue weighted by atomic mass is 10.6. The molecule has 5 nitrogen and oxygen atoms in total. The molecule has 1 aromatic rings. The molecule has 1 rings (SSSR count). The molecule has 98 valence electrons. The van der Waals surface area contributed by atoms with Crippen molar-refractivity contribution in [3.05, 3.63) is 6.07 Å². The molecule has 7 heteroatoms. The molecule has 17 heavy (non-hydrogen) atoms. The number of aromatic nitrogens is 2. The number of hydrogen-bond acceptors (Lipinski definition) is 5. The summed E-state index contributed by atoms with van der Waals surface area (Å²) in [4.78, 5) is 0. The molecule has 0 aliphatic heterocycles. The summed E-state index contributed by atoms with van der Waals surface area (Å²) in [6.07, 6.45) is 1.07. The first-order valence-electron chi connectivity index (χ1n) is 5.65. The lowest BCUT2D eigenvalue weighted by molar-refractivity contribution is 0.581. The van der Waals surface area contributed by atoms with Gasteiger partial charge in [0.05, 0.1) is 12.3 Å². The molecule has 0 aliphatic carbocycles. The van der Waals surface area contributed by atoms with Gasteiger partial charge in [0.15, 0.2) is 9.84 Å². The van der Waals surface area contributed by atoms with Crippen molar-refractivity contribution in [2.75, 3.05) is 23.0 Å². The predicted octanol–water partition coefficient (Wildman–Crippen LogP) is 1.40. The van der Waals surface area contributed by atoms with Gasteiger partial charge < -0.3 is 5.73 Å². The third-order valence-corrected chi connectivity index (χ3v) is 5.09. The third-order valence-electron chi connectivity index (χ3n) is 2.30. The largest absolute Gasteiger partial charge is 0.384 e. The molecule has 0 unspecified atom stereocenters. The minimum Gasteiger partial charge on any atom is -0.384 e. The zero-order valence-electron chi connectivity index (χ0n) is 10.2. The van der Waals surface area contributed by atoms with Crippen molar-refractivity contribution in [3.8, 4) is 0 Å². The van der Waals surface area contributed by atoms with E-state index in [1.54, 1.807) is 29.4 Å². The first kappa shape index (κ1) is 14.4. The van der Waals surface area contributed by atoms with Crippen LogP contribution in [0, 0.1) is 0 Å². The Kier molecular flexibility index (Phi) is 5.32. The fraction of sp³-hybridized carbons (Fsp3) is 0.700. The molecule has 0 fully saturated rings. The topological polar surface area (TPSA) is 78.0 Å². The zero-order chi connectivity index (χ0) is 12.9. The Labute approximate surface area is 107 Å². The number of nitrogens with zero attached hydrogens (tertiary/aromatic N) is 2. The summed E-state index contributed by atoms with van der Waals surface area (Å²) in [6.45, 7) is 4.07. The van der Waals surface area contributed by atoms with E-state index in [4.69, 9.17) is 5.73 Å². The van der Waals surface area contributed by atoms with E-state index >= 15 is 0 Å². The van der Waals surface area contributed by atoms with Crippen molar-refractivity contribution in [3.63, 3.8) is 0 Å². The van der Waals surface area contributed by atoms with Gasteiger partial charge in [0.2, 0.25) is 0 Å². The number of nitrogens with two attached hydrogens (primary N) is 1. The van der Waals surface area contributed by atoms with Gasteiger partial charge in [-0.1, -0.05) is 13.8 Å². The van der Waals surface area contributed by atoms with E-state index in [0.29, 0.717) is 12.4 Å². The van der Waals surface area contributed by atoms with Gasteiger partial charge in [-0.15, -0.1) is 11.8 Å². The molecule has 1 heterocycles. The highest BCUT2D eigenvalue weighted by Crippen LogP contribution is 2.19. The SMILES string of the molecule is CCCSc1cc(N)n(CCS(=O)(=O)CC)n1. The average molecular weight is 277 g/mol.